The van der Waals surface area contributed by atoms with E-state index in [9.17, 15) is 9.59 Å². The van der Waals surface area contributed by atoms with E-state index in [1.807, 2.05) is 12.1 Å². The maximum Gasteiger partial charge on any atom is 0.227 e. The fraction of sp³-hybridized carbons (Fsp3) is 0.167. The maximum absolute atomic E-state index is 11.4. The van der Waals surface area contributed by atoms with Crippen molar-refractivity contribution in [3.05, 3.63) is 36.0 Å². The topological polar surface area (TPSA) is 39.1 Å². The first-order chi connectivity index (χ1) is 7.63. The minimum Gasteiger partial charge on any atom is -0.293 e. The SMILES string of the molecule is CC(=O)n1ccc2ccc(C(=O)CCl)cc21. The number of hydrogen-bond donors (Lipinski definition) is 0. The molecule has 0 spiro atoms. The summed E-state index contributed by atoms with van der Waals surface area (Å²) < 4.78 is 1.51. The molecule has 0 aliphatic carbocycles. The van der Waals surface area contributed by atoms with Crippen LogP contribution in [0.2, 0.25) is 0 Å². The monoisotopic (exact) mass is 235 g/mol. The molecule has 0 aliphatic heterocycles. The fourth-order valence-corrected chi connectivity index (χ4v) is 1.81. The number of halogens is 1. The number of hydrogen-bond acceptors (Lipinski definition) is 2. The van der Waals surface area contributed by atoms with Crippen LogP contribution in [0.5, 0.6) is 0 Å². The second kappa shape index (κ2) is 4.10. The third-order valence-corrected chi connectivity index (χ3v) is 2.72. The van der Waals surface area contributed by atoms with E-state index >= 15 is 0 Å². The molecule has 2 aromatic rings. The Morgan fingerprint density at radius 2 is 2.06 bits per heavy atom. The van der Waals surface area contributed by atoms with Gasteiger partial charge in [0.25, 0.3) is 0 Å². The summed E-state index contributed by atoms with van der Waals surface area (Å²) in [4.78, 5) is 22.8. The van der Waals surface area contributed by atoms with Crippen molar-refractivity contribution in [1.29, 1.82) is 0 Å². The highest BCUT2D eigenvalue weighted by Crippen LogP contribution is 2.18. The Hall–Kier alpha value is -1.61. The summed E-state index contributed by atoms with van der Waals surface area (Å²) in [5, 5.41) is 0.932. The number of carbonyl (C=O) groups excluding carboxylic acids is 2. The maximum atomic E-state index is 11.4. The van der Waals surface area contributed by atoms with Crippen LogP contribution in [-0.2, 0) is 0 Å². The predicted octanol–water partition coefficient (Wildman–Crippen LogP) is 2.72. The van der Waals surface area contributed by atoms with Crippen molar-refractivity contribution in [1.82, 2.24) is 4.57 Å². The Bertz CT molecular complexity index is 571. The van der Waals surface area contributed by atoms with Crippen molar-refractivity contribution in [2.45, 2.75) is 6.92 Å². The van der Waals surface area contributed by atoms with Gasteiger partial charge in [-0.1, -0.05) is 12.1 Å². The van der Waals surface area contributed by atoms with Crippen LogP contribution < -0.4 is 0 Å². The van der Waals surface area contributed by atoms with Gasteiger partial charge in [0.1, 0.15) is 0 Å². The van der Waals surface area contributed by atoms with Crippen LogP contribution in [0, 0.1) is 0 Å². The van der Waals surface area contributed by atoms with Gasteiger partial charge < -0.3 is 0 Å². The van der Waals surface area contributed by atoms with E-state index in [2.05, 4.69) is 0 Å². The molecule has 0 radical (unpaired) electrons. The highest BCUT2D eigenvalue weighted by Gasteiger charge is 2.09. The molecule has 0 bridgehead atoms. The number of carbonyl (C=O) groups is 2. The summed E-state index contributed by atoms with van der Waals surface area (Å²) in [7, 11) is 0. The molecule has 0 amide bonds. The Labute approximate surface area is 97.6 Å². The molecule has 0 saturated heterocycles. The average Bonchev–Trinajstić information content (AvgIpc) is 2.70. The van der Waals surface area contributed by atoms with Crippen LogP contribution >= 0.6 is 11.6 Å². The van der Waals surface area contributed by atoms with E-state index in [1.54, 1.807) is 18.3 Å². The first-order valence-electron chi connectivity index (χ1n) is 4.84. The predicted molar refractivity (Wildman–Crippen MR) is 63.3 cm³/mol. The second-order valence-electron chi connectivity index (χ2n) is 3.54. The van der Waals surface area contributed by atoms with Gasteiger partial charge >= 0.3 is 0 Å². The molecule has 0 unspecified atom stereocenters. The van der Waals surface area contributed by atoms with Crippen molar-refractivity contribution < 1.29 is 9.59 Å². The zero-order valence-corrected chi connectivity index (χ0v) is 9.49. The lowest BCUT2D eigenvalue weighted by Crippen LogP contribution is -2.05. The van der Waals surface area contributed by atoms with Gasteiger partial charge in [0.05, 0.1) is 11.4 Å². The third-order valence-electron chi connectivity index (χ3n) is 2.48. The largest absolute Gasteiger partial charge is 0.293 e. The molecule has 4 heteroatoms. The first kappa shape index (κ1) is 10.9. The first-order valence-corrected chi connectivity index (χ1v) is 5.38. The van der Waals surface area contributed by atoms with Crippen LogP contribution in [0.1, 0.15) is 22.1 Å². The molecular formula is C12H10ClNO2. The quantitative estimate of drug-likeness (QED) is 0.593. The average molecular weight is 236 g/mol. The zero-order valence-electron chi connectivity index (χ0n) is 8.74. The van der Waals surface area contributed by atoms with Crippen molar-refractivity contribution in [3.8, 4) is 0 Å². The number of ketones is 1. The Kier molecular flexibility index (Phi) is 2.79. The molecule has 2 rings (SSSR count). The number of Topliss-reactive ketones (excluding diaryl/α,β-unsaturated/α-hetero) is 1. The molecule has 1 heterocycles. The highest BCUT2D eigenvalue weighted by atomic mass is 35.5. The van der Waals surface area contributed by atoms with E-state index in [-0.39, 0.29) is 17.6 Å². The number of aromatic nitrogens is 1. The van der Waals surface area contributed by atoms with Gasteiger partial charge in [-0.2, -0.15) is 0 Å². The number of benzene rings is 1. The number of fused-ring (bicyclic) bond motifs is 1. The number of alkyl halides is 1. The van der Waals surface area contributed by atoms with Gasteiger partial charge in [0, 0.05) is 24.1 Å². The van der Waals surface area contributed by atoms with Crippen molar-refractivity contribution in [2.75, 3.05) is 5.88 Å². The molecule has 82 valence electrons. The van der Waals surface area contributed by atoms with Crippen molar-refractivity contribution in [2.24, 2.45) is 0 Å². The van der Waals surface area contributed by atoms with Gasteiger partial charge in [0.2, 0.25) is 5.91 Å². The van der Waals surface area contributed by atoms with E-state index in [4.69, 9.17) is 11.6 Å². The molecule has 0 fully saturated rings. The second-order valence-corrected chi connectivity index (χ2v) is 3.80. The zero-order chi connectivity index (χ0) is 11.7. The standard InChI is InChI=1S/C12H10ClNO2/c1-8(15)14-5-4-9-2-3-10(6-11(9)14)12(16)7-13/h2-6H,7H2,1H3. The minimum absolute atomic E-state index is 0.0493. The summed E-state index contributed by atoms with van der Waals surface area (Å²) >= 11 is 5.49. The van der Waals surface area contributed by atoms with Gasteiger partial charge in [-0.15, -0.1) is 11.6 Å². The summed E-state index contributed by atoms with van der Waals surface area (Å²) in [6.07, 6.45) is 1.70. The molecule has 16 heavy (non-hydrogen) atoms. The van der Waals surface area contributed by atoms with E-state index < -0.39 is 0 Å². The normalized spacial score (nSPS) is 10.6. The molecule has 0 N–H and O–H groups in total. The Morgan fingerprint density at radius 1 is 1.31 bits per heavy atom. The number of rotatable bonds is 2. The van der Waals surface area contributed by atoms with E-state index in [1.165, 1.54) is 11.5 Å². The van der Waals surface area contributed by atoms with Crippen molar-refractivity contribution in [3.63, 3.8) is 0 Å². The lowest BCUT2D eigenvalue weighted by atomic mass is 10.1. The van der Waals surface area contributed by atoms with Crippen LogP contribution in [0.3, 0.4) is 0 Å². The van der Waals surface area contributed by atoms with Crippen LogP contribution in [0.4, 0.5) is 0 Å². The molecule has 1 aromatic heterocycles. The Morgan fingerprint density at radius 3 is 2.69 bits per heavy atom. The summed E-state index contributed by atoms with van der Waals surface area (Å²) in [5.41, 5.74) is 1.27. The number of nitrogens with zero attached hydrogens (tertiary/aromatic N) is 1. The molecule has 1 aromatic carbocycles. The van der Waals surface area contributed by atoms with Gasteiger partial charge in [-0.25, -0.2) is 0 Å². The van der Waals surface area contributed by atoms with Crippen molar-refractivity contribution >= 4 is 34.2 Å². The van der Waals surface area contributed by atoms with Gasteiger partial charge in [0.15, 0.2) is 5.78 Å². The molecule has 3 nitrogen and oxygen atoms in total. The molecule has 0 aliphatic rings. The van der Waals surface area contributed by atoms with Crippen LogP contribution in [0.15, 0.2) is 30.5 Å². The fourth-order valence-electron chi connectivity index (χ4n) is 1.65. The summed E-state index contributed by atoms with van der Waals surface area (Å²) in [6.45, 7) is 1.48. The van der Waals surface area contributed by atoms with E-state index in [0.717, 1.165) is 10.9 Å². The third kappa shape index (κ3) is 1.74. The molecular weight excluding hydrogens is 226 g/mol. The van der Waals surface area contributed by atoms with E-state index in [0.29, 0.717) is 5.56 Å². The van der Waals surface area contributed by atoms with Gasteiger partial charge in [-0.05, 0) is 12.1 Å². The Balaban J connectivity index is 2.63. The summed E-state index contributed by atoms with van der Waals surface area (Å²) in [5.74, 6) is -0.267. The highest BCUT2D eigenvalue weighted by molar-refractivity contribution is 6.30. The molecule has 0 saturated carbocycles. The smallest absolute Gasteiger partial charge is 0.227 e. The lowest BCUT2D eigenvalue weighted by molar-refractivity contribution is 0.0940. The molecule has 0 atom stereocenters. The lowest BCUT2D eigenvalue weighted by Gasteiger charge is -2.01. The van der Waals surface area contributed by atoms with Gasteiger partial charge in [-0.3, -0.25) is 14.2 Å². The van der Waals surface area contributed by atoms with Crippen LogP contribution in [-0.4, -0.2) is 22.1 Å². The minimum atomic E-state index is -0.139. The summed E-state index contributed by atoms with van der Waals surface area (Å²) in [6, 6.07) is 7.07. The van der Waals surface area contributed by atoms with Crippen LogP contribution in [0.25, 0.3) is 10.9 Å².